The van der Waals surface area contributed by atoms with Crippen molar-refractivity contribution in [2.24, 2.45) is 0 Å². The number of tetrazole rings is 1. The molecule has 7 heteroatoms. The summed E-state index contributed by atoms with van der Waals surface area (Å²) in [5.41, 5.74) is 3.09. The molecule has 3 heterocycles. The van der Waals surface area contributed by atoms with E-state index in [1.165, 1.54) is 4.52 Å². The molecule has 0 aromatic carbocycles. The van der Waals surface area contributed by atoms with Gasteiger partial charge in [-0.1, -0.05) is 6.92 Å². The molecule has 0 aliphatic rings. The Balaban J connectivity index is 1.82. The third-order valence-electron chi connectivity index (χ3n) is 3.46. The van der Waals surface area contributed by atoms with Gasteiger partial charge in [0, 0.05) is 12.4 Å². The van der Waals surface area contributed by atoms with Crippen LogP contribution in [0.4, 0.5) is 0 Å². The van der Waals surface area contributed by atoms with Gasteiger partial charge in [-0.2, -0.15) is 4.52 Å². The molecule has 22 heavy (non-hydrogen) atoms. The van der Waals surface area contributed by atoms with Gasteiger partial charge in [0.15, 0.2) is 5.65 Å². The molecule has 3 rings (SSSR count). The number of nitrogens with one attached hydrogen (secondary N) is 1. The van der Waals surface area contributed by atoms with Gasteiger partial charge in [0.05, 0.1) is 17.3 Å². The van der Waals surface area contributed by atoms with Gasteiger partial charge in [-0.3, -0.25) is 9.78 Å². The van der Waals surface area contributed by atoms with Crippen molar-refractivity contribution in [3.8, 4) is 0 Å². The first-order valence-electron chi connectivity index (χ1n) is 7.08. The van der Waals surface area contributed by atoms with E-state index in [1.54, 1.807) is 24.5 Å². The van der Waals surface area contributed by atoms with Crippen LogP contribution in [0.1, 0.15) is 41.0 Å². The summed E-state index contributed by atoms with van der Waals surface area (Å²) in [6, 6.07) is 7.21. The maximum absolute atomic E-state index is 12.4. The Morgan fingerprint density at radius 2 is 2.23 bits per heavy atom. The molecule has 7 nitrogen and oxygen atoms in total. The van der Waals surface area contributed by atoms with Crippen LogP contribution in [0.15, 0.2) is 36.7 Å². The maximum Gasteiger partial charge on any atom is 0.253 e. The molecule has 3 aromatic heterocycles. The Morgan fingerprint density at radius 1 is 1.36 bits per heavy atom. The molecule has 0 radical (unpaired) electrons. The zero-order valence-electron chi connectivity index (χ0n) is 12.4. The highest BCUT2D eigenvalue weighted by Crippen LogP contribution is 2.16. The minimum absolute atomic E-state index is 0.128. The Morgan fingerprint density at radius 3 is 3.00 bits per heavy atom. The zero-order valence-corrected chi connectivity index (χ0v) is 12.4. The summed E-state index contributed by atoms with van der Waals surface area (Å²) in [6.07, 6.45) is 4.13. The number of carbonyl (C=O) groups excluding carboxylic acids is 1. The number of hydrogen-bond acceptors (Lipinski definition) is 5. The second kappa shape index (κ2) is 5.88. The number of aryl methyl sites for hydroxylation is 1. The van der Waals surface area contributed by atoms with Gasteiger partial charge in [0.2, 0.25) is 0 Å². The quantitative estimate of drug-likeness (QED) is 0.792. The summed E-state index contributed by atoms with van der Waals surface area (Å²) in [5, 5.41) is 14.2. The van der Waals surface area contributed by atoms with Crippen LogP contribution < -0.4 is 5.32 Å². The molecule has 0 aliphatic carbocycles. The van der Waals surface area contributed by atoms with Crippen LogP contribution in [0.5, 0.6) is 0 Å². The lowest BCUT2D eigenvalue weighted by Gasteiger charge is -2.17. The predicted octanol–water partition coefficient (Wildman–Crippen LogP) is 1.71. The van der Waals surface area contributed by atoms with Gasteiger partial charge < -0.3 is 5.32 Å². The smallest absolute Gasteiger partial charge is 0.253 e. The summed E-state index contributed by atoms with van der Waals surface area (Å²) in [6.45, 7) is 4.02. The Bertz CT molecular complexity index is 812. The van der Waals surface area contributed by atoms with Crippen LogP contribution in [0, 0.1) is 6.92 Å². The number of pyridine rings is 2. The highest BCUT2D eigenvalue weighted by molar-refractivity contribution is 5.94. The van der Waals surface area contributed by atoms with Crippen LogP contribution in [0.25, 0.3) is 5.65 Å². The lowest BCUT2D eigenvalue weighted by molar-refractivity contribution is 0.0934. The molecular formula is C15H16N6O. The highest BCUT2D eigenvalue weighted by Gasteiger charge is 2.16. The fraction of sp³-hybridized carbons (Fsp3) is 0.267. The molecule has 0 aliphatic heterocycles. The van der Waals surface area contributed by atoms with Crippen LogP contribution >= 0.6 is 0 Å². The summed E-state index contributed by atoms with van der Waals surface area (Å²) in [4.78, 5) is 16.8. The first kappa shape index (κ1) is 14.1. The van der Waals surface area contributed by atoms with Crippen LogP contribution in [-0.4, -0.2) is 30.9 Å². The van der Waals surface area contributed by atoms with Crippen LogP contribution in [0.2, 0.25) is 0 Å². The molecule has 0 bridgehead atoms. The second-order valence-corrected chi connectivity index (χ2v) is 5.09. The molecule has 3 aromatic rings. The Hall–Kier alpha value is -2.83. The van der Waals surface area contributed by atoms with Gasteiger partial charge in [-0.05, 0) is 53.6 Å². The number of fused-ring (bicyclic) bond motifs is 1. The van der Waals surface area contributed by atoms with Crippen molar-refractivity contribution in [1.29, 1.82) is 0 Å². The number of nitrogens with zero attached hydrogens (tertiary/aromatic N) is 5. The minimum atomic E-state index is -0.174. The van der Waals surface area contributed by atoms with Crippen molar-refractivity contribution in [2.75, 3.05) is 0 Å². The lowest BCUT2D eigenvalue weighted by atomic mass is 10.1. The largest absolute Gasteiger partial charge is 0.344 e. The van der Waals surface area contributed by atoms with Gasteiger partial charge in [-0.25, -0.2) is 0 Å². The molecule has 0 saturated carbocycles. The topological polar surface area (TPSA) is 85.1 Å². The van der Waals surface area contributed by atoms with E-state index in [0.29, 0.717) is 11.2 Å². The number of rotatable bonds is 4. The zero-order chi connectivity index (χ0) is 15.5. The molecule has 1 amide bonds. The molecule has 112 valence electrons. The molecule has 0 saturated heterocycles. The standard InChI is InChI=1S/C15H16N6O/c1-3-12(13-8-10(2)6-7-16-13)17-15(22)11-4-5-14-18-19-20-21(14)9-11/h4-9,12H,3H2,1-2H3,(H,17,22). The van der Waals surface area contributed by atoms with E-state index in [0.717, 1.165) is 17.7 Å². The van der Waals surface area contributed by atoms with Gasteiger partial charge in [0.25, 0.3) is 5.91 Å². The normalized spacial score (nSPS) is 12.3. The van der Waals surface area contributed by atoms with E-state index in [9.17, 15) is 4.79 Å². The highest BCUT2D eigenvalue weighted by atomic mass is 16.1. The van der Waals surface area contributed by atoms with E-state index in [4.69, 9.17) is 0 Å². The number of hydrogen-bond donors (Lipinski definition) is 1. The van der Waals surface area contributed by atoms with E-state index in [-0.39, 0.29) is 11.9 Å². The van der Waals surface area contributed by atoms with Crippen LogP contribution in [0.3, 0.4) is 0 Å². The molecule has 1 N–H and O–H groups in total. The number of aromatic nitrogens is 5. The SMILES string of the molecule is CCC(NC(=O)c1ccc2nnnn2c1)c1cc(C)ccn1. The van der Waals surface area contributed by atoms with Crippen molar-refractivity contribution >= 4 is 11.6 Å². The van der Waals surface area contributed by atoms with Crippen LogP contribution in [-0.2, 0) is 0 Å². The third kappa shape index (κ3) is 2.78. The van der Waals surface area contributed by atoms with Gasteiger partial charge in [0.1, 0.15) is 0 Å². The van der Waals surface area contributed by atoms with Crippen molar-refractivity contribution < 1.29 is 4.79 Å². The summed E-state index contributed by atoms with van der Waals surface area (Å²) in [7, 11) is 0. The molecular weight excluding hydrogens is 280 g/mol. The third-order valence-corrected chi connectivity index (χ3v) is 3.46. The predicted molar refractivity (Wildman–Crippen MR) is 80.3 cm³/mol. The summed E-state index contributed by atoms with van der Waals surface area (Å²) < 4.78 is 1.47. The van der Waals surface area contributed by atoms with Crippen molar-refractivity contribution in [2.45, 2.75) is 26.3 Å². The van der Waals surface area contributed by atoms with Gasteiger partial charge in [-0.15, -0.1) is 5.10 Å². The second-order valence-electron chi connectivity index (χ2n) is 5.09. The van der Waals surface area contributed by atoms with E-state index in [1.807, 2.05) is 26.0 Å². The van der Waals surface area contributed by atoms with E-state index < -0.39 is 0 Å². The summed E-state index contributed by atoms with van der Waals surface area (Å²) in [5.74, 6) is -0.174. The molecule has 0 spiro atoms. The maximum atomic E-state index is 12.4. The monoisotopic (exact) mass is 296 g/mol. The molecule has 1 unspecified atom stereocenters. The number of carbonyl (C=O) groups is 1. The Labute approximate surface area is 127 Å². The van der Waals surface area contributed by atoms with Gasteiger partial charge >= 0.3 is 0 Å². The van der Waals surface area contributed by atoms with Crippen molar-refractivity contribution in [3.63, 3.8) is 0 Å². The minimum Gasteiger partial charge on any atom is -0.344 e. The summed E-state index contributed by atoms with van der Waals surface area (Å²) >= 11 is 0. The lowest BCUT2D eigenvalue weighted by Crippen LogP contribution is -2.29. The van der Waals surface area contributed by atoms with E-state index in [2.05, 4.69) is 25.8 Å². The average Bonchev–Trinajstić information content (AvgIpc) is 2.99. The number of amides is 1. The fourth-order valence-electron chi connectivity index (χ4n) is 2.25. The van der Waals surface area contributed by atoms with Crippen molar-refractivity contribution in [3.05, 3.63) is 53.5 Å². The Kier molecular flexibility index (Phi) is 3.78. The first-order chi connectivity index (χ1) is 10.7. The average molecular weight is 296 g/mol. The fourth-order valence-corrected chi connectivity index (χ4v) is 2.25. The van der Waals surface area contributed by atoms with Crippen molar-refractivity contribution in [1.82, 2.24) is 30.3 Å². The van der Waals surface area contributed by atoms with E-state index >= 15 is 0 Å². The molecule has 0 fully saturated rings. The first-order valence-corrected chi connectivity index (χ1v) is 7.08. The molecule has 1 atom stereocenters.